The second-order valence-electron chi connectivity index (χ2n) is 5.65. The lowest BCUT2D eigenvalue weighted by Crippen LogP contribution is -2.40. The Hall–Kier alpha value is -0.770. The summed E-state index contributed by atoms with van der Waals surface area (Å²) in [6, 6.07) is 5.96. The van der Waals surface area contributed by atoms with Crippen molar-refractivity contribution >= 4 is 29.1 Å². The molecule has 1 saturated carbocycles. The van der Waals surface area contributed by atoms with Crippen LogP contribution < -0.4 is 5.32 Å². The number of nitrogens with zero attached hydrogens (tertiary/aromatic N) is 1. The number of carbonyl (C=O) groups is 1. The van der Waals surface area contributed by atoms with Crippen LogP contribution >= 0.6 is 23.2 Å². The number of nitrogens with one attached hydrogen (secondary N) is 1. The van der Waals surface area contributed by atoms with Gasteiger partial charge in [-0.3, -0.25) is 4.79 Å². The largest absolute Gasteiger partial charge is 0.335 e. The van der Waals surface area contributed by atoms with E-state index in [9.17, 15) is 4.79 Å². The number of hydrogen-bond acceptors (Lipinski definition) is 2. The lowest BCUT2D eigenvalue weighted by atomic mass is 10.1. The van der Waals surface area contributed by atoms with Gasteiger partial charge in [0.25, 0.3) is 0 Å². The second kappa shape index (κ2) is 7.48. The van der Waals surface area contributed by atoms with Gasteiger partial charge < -0.3 is 10.2 Å². The maximum absolute atomic E-state index is 12.6. The smallest absolute Gasteiger partial charge is 0.227 e. The molecule has 1 atom stereocenters. The summed E-state index contributed by atoms with van der Waals surface area (Å²) in [5, 5.41) is 4.32. The first kappa shape index (κ1) is 16.6. The molecular weight excluding hydrogens is 307 g/mol. The van der Waals surface area contributed by atoms with E-state index in [2.05, 4.69) is 5.32 Å². The Morgan fingerprint density at radius 1 is 1.38 bits per heavy atom. The minimum atomic E-state index is -0.00618. The molecule has 1 amide bonds. The van der Waals surface area contributed by atoms with Crippen LogP contribution in [0, 0.1) is 5.92 Å². The fraction of sp³-hybridized carbons (Fsp3) is 0.562. The van der Waals surface area contributed by atoms with Crippen molar-refractivity contribution < 1.29 is 4.79 Å². The van der Waals surface area contributed by atoms with E-state index >= 15 is 0 Å². The molecule has 1 unspecified atom stereocenters. The van der Waals surface area contributed by atoms with Gasteiger partial charge in [-0.05, 0) is 37.1 Å². The van der Waals surface area contributed by atoms with Gasteiger partial charge in [-0.15, -0.1) is 0 Å². The van der Waals surface area contributed by atoms with E-state index in [1.807, 2.05) is 30.9 Å². The minimum Gasteiger partial charge on any atom is -0.335 e. The van der Waals surface area contributed by atoms with Gasteiger partial charge >= 0.3 is 0 Å². The molecule has 1 fully saturated rings. The van der Waals surface area contributed by atoms with E-state index in [4.69, 9.17) is 23.2 Å². The minimum absolute atomic E-state index is 0.00618. The summed E-state index contributed by atoms with van der Waals surface area (Å²) in [7, 11) is 0. The van der Waals surface area contributed by atoms with Gasteiger partial charge in [0, 0.05) is 25.0 Å². The molecular formula is C16H22Cl2N2O. The van der Waals surface area contributed by atoms with Crippen LogP contribution in [0.2, 0.25) is 10.0 Å². The summed E-state index contributed by atoms with van der Waals surface area (Å²) < 4.78 is 0. The Labute approximate surface area is 136 Å². The summed E-state index contributed by atoms with van der Waals surface area (Å²) in [5.74, 6) is 0.206. The highest BCUT2D eigenvalue weighted by Crippen LogP contribution is 2.31. The Balaban J connectivity index is 2.05. The quantitative estimate of drug-likeness (QED) is 0.827. The number of benzene rings is 1. The van der Waals surface area contributed by atoms with Crippen molar-refractivity contribution in [1.29, 1.82) is 0 Å². The molecule has 0 saturated heterocycles. The van der Waals surface area contributed by atoms with Gasteiger partial charge in [-0.25, -0.2) is 0 Å². The lowest BCUT2D eigenvalue weighted by molar-refractivity contribution is -0.136. The first-order valence-corrected chi connectivity index (χ1v) is 8.23. The van der Waals surface area contributed by atoms with Gasteiger partial charge in [0.15, 0.2) is 0 Å². The molecule has 1 aliphatic rings. The molecule has 1 aromatic carbocycles. The Morgan fingerprint density at radius 2 is 2.10 bits per heavy atom. The van der Waals surface area contributed by atoms with Crippen LogP contribution in [0.5, 0.6) is 0 Å². The SMILES string of the molecule is CCNCC(C)C(=O)N(Cc1ccc(Cl)c(Cl)c1)C1CC1. The molecule has 0 aromatic heterocycles. The zero-order chi connectivity index (χ0) is 15.4. The highest BCUT2D eigenvalue weighted by atomic mass is 35.5. The lowest BCUT2D eigenvalue weighted by Gasteiger charge is -2.26. The third-order valence-corrected chi connectivity index (χ3v) is 4.47. The molecule has 1 aliphatic carbocycles. The maximum atomic E-state index is 12.6. The highest BCUT2D eigenvalue weighted by molar-refractivity contribution is 6.42. The molecule has 1 aromatic rings. The van der Waals surface area contributed by atoms with Gasteiger partial charge in [-0.1, -0.05) is 43.1 Å². The summed E-state index contributed by atoms with van der Waals surface area (Å²) in [6.07, 6.45) is 2.20. The Bertz CT molecular complexity index is 503. The fourth-order valence-electron chi connectivity index (χ4n) is 2.34. The van der Waals surface area contributed by atoms with Crippen LogP contribution in [0.3, 0.4) is 0 Å². The van der Waals surface area contributed by atoms with Gasteiger partial charge in [0.05, 0.1) is 10.0 Å². The second-order valence-corrected chi connectivity index (χ2v) is 6.47. The number of amides is 1. The number of rotatable bonds is 7. The van der Waals surface area contributed by atoms with E-state index in [-0.39, 0.29) is 11.8 Å². The molecule has 0 bridgehead atoms. The predicted octanol–water partition coefficient (Wildman–Crippen LogP) is 3.73. The third-order valence-electron chi connectivity index (χ3n) is 3.73. The molecule has 0 spiro atoms. The molecule has 1 N–H and O–H groups in total. The average Bonchev–Trinajstić information content (AvgIpc) is 3.29. The van der Waals surface area contributed by atoms with Crippen molar-refractivity contribution in [3.63, 3.8) is 0 Å². The van der Waals surface area contributed by atoms with Gasteiger partial charge in [0.1, 0.15) is 0 Å². The monoisotopic (exact) mass is 328 g/mol. The standard InChI is InChI=1S/C16H22Cl2N2O/c1-3-19-9-11(2)16(21)20(13-5-6-13)10-12-4-7-14(17)15(18)8-12/h4,7-8,11,13,19H,3,5-6,9-10H2,1-2H3. The zero-order valence-electron chi connectivity index (χ0n) is 12.5. The third kappa shape index (κ3) is 4.60. The summed E-state index contributed by atoms with van der Waals surface area (Å²) in [6.45, 7) is 6.24. The van der Waals surface area contributed by atoms with Crippen molar-refractivity contribution in [3.05, 3.63) is 33.8 Å². The van der Waals surface area contributed by atoms with E-state index in [1.165, 1.54) is 0 Å². The van der Waals surface area contributed by atoms with Crippen molar-refractivity contribution in [3.8, 4) is 0 Å². The van der Waals surface area contributed by atoms with Gasteiger partial charge in [0.2, 0.25) is 5.91 Å². The van der Waals surface area contributed by atoms with Crippen LogP contribution in [0.1, 0.15) is 32.3 Å². The number of carbonyl (C=O) groups excluding carboxylic acids is 1. The predicted molar refractivity (Wildman–Crippen MR) is 87.7 cm³/mol. The van der Waals surface area contributed by atoms with Crippen LogP contribution in [0.4, 0.5) is 0 Å². The molecule has 2 rings (SSSR count). The van der Waals surface area contributed by atoms with Crippen LogP contribution in [0.15, 0.2) is 18.2 Å². The first-order chi connectivity index (χ1) is 10.0. The van der Waals surface area contributed by atoms with Crippen LogP contribution in [-0.2, 0) is 11.3 Å². The highest BCUT2D eigenvalue weighted by Gasteiger charge is 2.34. The van der Waals surface area contributed by atoms with E-state index < -0.39 is 0 Å². The molecule has 0 radical (unpaired) electrons. The van der Waals surface area contributed by atoms with Crippen molar-refractivity contribution in [2.75, 3.05) is 13.1 Å². The zero-order valence-corrected chi connectivity index (χ0v) is 14.0. The van der Waals surface area contributed by atoms with Crippen molar-refractivity contribution in [2.45, 2.75) is 39.3 Å². The first-order valence-electron chi connectivity index (χ1n) is 7.48. The summed E-state index contributed by atoms with van der Waals surface area (Å²) >= 11 is 12.0. The topological polar surface area (TPSA) is 32.3 Å². The number of halogens is 2. The molecule has 0 heterocycles. The van der Waals surface area contributed by atoms with Crippen molar-refractivity contribution in [1.82, 2.24) is 10.2 Å². The number of hydrogen-bond donors (Lipinski definition) is 1. The Kier molecular flexibility index (Phi) is 5.91. The van der Waals surface area contributed by atoms with E-state index in [1.54, 1.807) is 6.07 Å². The van der Waals surface area contributed by atoms with Crippen molar-refractivity contribution in [2.24, 2.45) is 5.92 Å². The fourth-order valence-corrected chi connectivity index (χ4v) is 2.66. The Morgan fingerprint density at radius 3 is 2.67 bits per heavy atom. The normalized spacial score (nSPS) is 15.8. The van der Waals surface area contributed by atoms with Crippen LogP contribution in [0.25, 0.3) is 0 Å². The molecule has 21 heavy (non-hydrogen) atoms. The average molecular weight is 329 g/mol. The van der Waals surface area contributed by atoms with E-state index in [0.29, 0.717) is 22.6 Å². The molecule has 5 heteroatoms. The summed E-state index contributed by atoms with van der Waals surface area (Å²) in [4.78, 5) is 14.6. The molecule has 3 nitrogen and oxygen atoms in total. The van der Waals surface area contributed by atoms with Crippen LogP contribution in [-0.4, -0.2) is 29.9 Å². The van der Waals surface area contributed by atoms with E-state index in [0.717, 1.165) is 31.5 Å². The maximum Gasteiger partial charge on any atom is 0.227 e. The van der Waals surface area contributed by atoms with Gasteiger partial charge in [-0.2, -0.15) is 0 Å². The molecule has 116 valence electrons. The summed E-state index contributed by atoms with van der Waals surface area (Å²) in [5.41, 5.74) is 1.03. The molecule has 0 aliphatic heterocycles.